The summed E-state index contributed by atoms with van der Waals surface area (Å²) in [4.78, 5) is 7.74. The molecule has 2 aromatic heterocycles. The molecule has 1 aliphatic heterocycles. The molecule has 0 amide bonds. The summed E-state index contributed by atoms with van der Waals surface area (Å²) < 4.78 is 9.02. The number of para-hydroxylation sites is 3. The van der Waals surface area contributed by atoms with Crippen molar-refractivity contribution in [1.82, 2.24) is 9.38 Å². The minimum atomic E-state index is -3.12. The third-order valence-corrected chi connectivity index (χ3v) is 26.8. The zero-order chi connectivity index (χ0) is 47.4. The maximum Gasteiger partial charge on any atom is 0.307 e. The third-order valence-electron chi connectivity index (χ3n) is 15.5. The minimum Gasteiger partial charge on any atom is -0.422 e. The van der Waals surface area contributed by atoms with E-state index in [-0.39, 0.29) is 15.9 Å². The Kier molecular flexibility index (Phi) is 10.4. The second kappa shape index (κ2) is 15.9. The standard InChI is InChI=1S/C62H60N2OSSi2/c1-60(2,3)49-37-35-43(39-47(49)45-27-22-32-54-57(45)65-59-63-52-30-17-18-31-53(52)64(54)59)68(41-23-13-11-14-24-41,42-25-15-12-16-26-42)44-36-38-50(61(4,5)6)48(40-44)46-28-21-29-51-58(46)66-55-33-19-20-34-56(55)67(9,10)62(51,7)8/h11-40H,1-10H3. The Morgan fingerprint density at radius 1 is 0.529 bits per heavy atom. The lowest BCUT2D eigenvalue weighted by atomic mass is 9.81. The van der Waals surface area contributed by atoms with Crippen molar-refractivity contribution < 1.29 is 4.42 Å². The van der Waals surface area contributed by atoms with Gasteiger partial charge in [-0.25, -0.2) is 0 Å². The van der Waals surface area contributed by atoms with Crippen molar-refractivity contribution in [2.45, 2.75) is 94.1 Å². The molecule has 338 valence electrons. The average molecular weight is 937 g/mol. The van der Waals surface area contributed by atoms with Gasteiger partial charge in [0.05, 0.1) is 24.6 Å². The predicted octanol–water partition coefficient (Wildman–Crippen LogP) is 13.4. The molecule has 0 spiro atoms. The van der Waals surface area contributed by atoms with Gasteiger partial charge in [0.15, 0.2) is 13.7 Å². The smallest absolute Gasteiger partial charge is 0.307 e. The van der Waals surface area contributed by atoms with Crippen LogP contribution < -0.4 is 25.9 Å². The van der Waals surface area contributed by atoms with Crippen LogP contribution in [0, 0.1) is 0 Å². The van der Waals surface area contributed by atoms with Gasteiger partial charge in [0.25, 0.3) is 0 Å². The van der Waals surface area contributed by atoms with Crippen molar-refractivity contribution in [2.75, 3.05) is 0 Å². The van der Waals surface area contributed by atoms with Gasteiger partial charge < -0.3 is 4.42 Å². The van der Waals surface area contributed by atoms with Gasteiger partial charge in [-0.2, -0.15) is 4.98 Å². The molecule has 0 N–H and O–H groups in total. The molecule has 0 atom stereocenters. The van der Waals surface area contributed by atoms with Crippen LogP contribution in [0.5, 0.6) is 0 Å². The van der Waals surface area contributed by atoms with Crippen LogP contribution in [0.25, 0.3) is 50.2 Å². The second-order valence-electron chi connectivity index (χ2n) is 22.0. The fourth-order valence-electron chi connectivity index (χ4n) is 11.3. The van der Waals surface area contributed by atoms with Crippen LogP contribution in [-0.4, -0.2) is 25.5 Å². The highest BCUT2D eigenvalue weighted by atomic mass is 32.2. The molecule has 0 bridgehead atoms. The number of benzene rings is 8. The average Bonchev–Trinajstić information content (AvgIpc) is 3.87. The van der Waals surface area contributed by atoms with Gasteiger partial charge in [0, 0.05) is 15.4 Å². The van der Waals surface area contributed by atoms with E-state index < -0.39 is 16.1 Å². The number of rotatable bonds is 6. The van der Waals surface area contributed by atoms with Gasteiger partial charge in [-0.3, -0.25) is 4.40 Å². The zero-order valence-corrected chi connectivity index (χ0v) is 43.8. The Labute approximate surface area is 408 Å². The Bertz CT molecular complexity index is 3530. The first-order chi connectivity index (χ1) is 32.5. The highest BCUT2D eigenvalue weighted by molar-refractivity contribution is 7.99. The van der Waals surface area contributed by atoms with Crippen LogP contribution in [0.4, 0.5) is 0 Å². The highest BCUT2D eigenvalue weighted by Gasteiger charge is 2.47. The van der Waals surface area contributed by atoms with Crippen molar-refractivity contribution in [1.29, 1.82) is 0 Å². The quantitative estimate of drug-likeness (QED) is 0.123. The zero-order valence-electron chi connectivity index (χ0n) is 41.0. The van der Waals surface area contributed by atoms with Crippen molar-refractivity contribution in [3.05, 3.63) is 199 Å². The van der Waals surface area contributed by atoms with Crippen LogP contribution >= 0.6 is 11.8 Å². The molecule has 0 saturated heterocycles. The first-order valence-electron chi connectivity index (χ1n) is 24.1. The van der Waals surface area contributed by atoms with E-state index in [0.29, 0.717) is 5.84 Å². The topological polar surface area (TPSA) is 30.4 Å². The number of aromatic nitrogens is 2. The van der Waals surface area contributed by atoms with Crippen LogP contribution in [0.1, 0.15) is 72.1 Å². The molecule has 0 aliphatic carbocycles. The molecule has 0 radical (unpaired) electrons. The SMILES string of the molecule is CC(C)(C)c1ccc([Si](c2ccccc2)(c2ccccc2)c2ccc(C(C)(C)C)c(-c3cccc4c3oc3nc5ccccc5n34)c2)cc1-c1cccc2c1Sc1ccccc1[Si](C)(C)C2(C)C. The van der Waals surface area contributed by atoms with Crippen molar-refractivity contribution >= 4 is 81.8 Å². The summed E-state index contributed by atoms with van der Waals surface area (Å²) in [5.74, 6) is 0.612. The van der Waals surface area contributed by atoms with Crippen LogP contribution in [0.3, 0.4) is 0 Å². The second-order valence-corrected chi connectivity index (χ2v) is 31.9. The minimum absolute atomic E-state index is 0.0117. The highest BCUT2D eigenvalue weighted by Crippen LogP contribution is 2.50. The summed E-state index contributed by atoms with van der Waals surface area (Å²) in [6.45, 7) is 24.3. The predicted molar refractivity (Wildman–Crippen MR) is 295 cm³/mol. The molecular formula is C62H60N2OSSi2. The lowest BCUT2D eigenvalue weighted by Gasteiger charge is -2.41. The van der Waals surface area contributed by atoms with E-state index >= 15 is 0 Å². The van der Waals surface area contributed by atoms with Gasteiger partial charge in [-0.1, -0.05) is 238 Å². The number of imidazole rings is 1. The van der Waals surface area contributed by atoms with Gasteiger partial charge in [0.2, 0.25) is 0 Å². The molecule has 3 heterocycles. The molecule has 11 rings (SSSR count). The summed E-state index contributed by atoms with van der Waals surface area (Å²) in [5.41, 5.74) is 12.6. The number of hydrogen-bond donors (Lipinski definition) is 0. The van der Waals surface area contributed by atoms with Crippen LogP contribution in [0.2, 0.25) is 13.1 Å². The summed E-state index contributed by atoms with van der Waals surface area (Å²) in [6.07, 6.45) is 0. The molecule has 0 saturated carbocycles. The first-order valence-corrected chi connectivity index (χ1v) is 29.9. The third kappa shape index (κ3) is 6.77. The molecule has 8 aromatic carbocycles. The summed E-state index contributed by atoms with van der Waals surface area (Å²) in [6, 6.07) is 69.1. The largest absolute Gasteiger partial charge is 0.422 e. The van der Waals surface area contributed by atoms with Gasteiger partial charge in [0.1, 0.15) is 0 Å². The Balaban J connectivity index is 1.23. The van der Waals surface area contributed by atoms with E-state index in [1.54, 1.807) is 5.19 Å². The van der Waals surface area contributed by atoms with Crippen molar-refractivity contribution in [3.8, 4) is 22.3 Å². The van der Waals surface area contributed by atoms with E-state index in [4.69, 9.17) is 9.40 Å². The molecular weight excluding hydrogens is 877 g/mol. The van der Waals surface area contributed by atoms with Gasteiger partial charge in [-0.15, -0.1) is 0 Å². The van der Waals surface area contributed by atoms with Gasteiger partial charge >= 0.3 is 5.84 Å². The number of oxazole rings is 1. The van der Waals surface area contributed by atoms with Gasteiger partial charge in [-0.05, 0) is 99.4 Å². The van der Waals surface area contributed by atoms with E-state index in [1.807, 2.05) is 17.8 Å². The summed E-state index contributed by atoms with van der Waals surface area (Å²) in [7, 11) is -5.12. The Morgan fingerprint density at radius 3 is 1.69 bits per heavy atom. The summed E-state index contributed by atoms with van der Waals surface area (Å²) >= 11 is 1.99. The maximum atomic E-state index is 6.85. The van der Waals surface area contributed by atoms with E-state index in [2.05, 4.69) is 249 Å². The Hall–Kier alpha value is -6.19. The molecule has 6 heteroatoms. The van der Waals surface area contributed by atoms with E-state index in [0.717, 1.165) is 27.7 Å². The van der Waals surface area contributed by atoms with Crippen molar-refractivity contribution in [3.63, 3.8) is 0 Å². The molecule has 68 heavy (non-hydrogen) atoms. The molecule has 3 nitrogen and oxygen atoms in total. The molecule has 0 fully saturated rings. The fourth-order valence-corrected chi connectivity index (χ4v) is 21.1. The fraction of sp³-hybridized carbons (Fsp3) is 0.210. The first kappa shape index (κ1) is 44.3. The molecule has 1 aliphatic rings. The maximum absolute atomic E-state index is 6.85. The van der Waals surface area contributed by atoms with Crippen molar-refractivity contribution in [2.24, 2.45) is 0 Å². The number of hydrogen-bond acceptors (Lipinski definition) is 3. The monoisotopic (exact) mass is 936 g/mol. The molecule has 0 unspecified atom stereocenters. The summed E-state index contributed by atoms with van der Waals surface area (Å²) in [5, 5.41) is 6.92. The normalized spacial score (nSPS) is 14.8. The lowest BCUT2D eigenvalue weighted by molar-refractivity contribution is 0.591. The van der Waals surface area contributed by atoms with Crippen LogP contribution in [-0.2, 0) is 15.9 Å². The van der Waals surface area contributed by atoms with Crippen LogP contribution in [0.15, 0.2) is 196 Å². The van der Waals surface area contributed by atoms with E-state index in [1.165, 1.54) is 63.9 Å². The Morgan fingerprint density at radius 2 is 1.06 bits per heavy atom. The van der Waals surface area contributed by atoms with E-state index in [9.17, 15) is 0 Å². The number of nitrogens with zero attached hydrogens (tertiary/aromatic N) is 2. The molecule has 10 aromatic rings. The lowest BCUT2D eigenvalue weighted by Crippen LogP contribution is -2.74. The number of fused-ring (bicyclic) bond motifs is 7.